The second kappa shape index (κ2) is 6.29. The third-order valence-electron chi connectivity index (χ3n) is 4.03. The minimum Gasteiger partial charge on any atom is -0.382 e. The second-order valence-electron chi connectivity index (χ2n) is 5.61. The van der Waals surface area contributed by atoms with E-state index in [1.54, 1.807) is 11.1 Å². The third kappa shape index (κ3) is 3.70. The van der Waals surface area contributed by atoms with Crippen molar-refractivity contribution < 1.29 is 18.3 Å². The zero-order valence-corrected chi connectivity index (χ0v) is 12.4. The quantitative estimate of drug-likeness (QED) is 0.930. The lowest BCUT2D eigenvalue weighted by Crippen LogP contribution is -2.50. The molecule has 1 aromatic carbocycles. The lowest BCUT2D eigenvalue weighted by molar-refractivity contribution is -0.208. The van der Waals surface area contributed by atoms with E-state index in [-0.39, 0.29) is 6.54 Å². The van der Waals surface area contributed by atoms with Gasteiger partial charge in [-0.1, -0.05) is 0 Å². The van der Waals surface area contributed by atoms with Gasteiger partial charge in [0, 0.05) is 50.0 Å². The number of β-amino-alcohol motifs (C(OH)–C–C–N with tert-alkyl or cyclic N) is 1. The van der Waals surface area contributed by atoms with Crippen LogP contribution in [-0.4, -0.2) is 65.0 Å². The lowest BCUT2D eigenvalue weighted by Gasteiger charge is -2.37. The van der Waals surface area contributed by atoms with Crippen molar-refractivity contribution in [2.24, 2.45) is 0 Å². The Balaban J connectivity index is 1.62. The molecule has 1 atom stereocenters. The Kier molecular flexibility index (Phi) is 4.36. The van der Waals surface area contributed by atoms with E-state index >= 15 is 0 Å². The molecule has 124 valence electrons. The Morgan fingerprint density at radius 1 is 1.17 bits per heavy atom. The van der Waals surface area contributed by atoms with Gasteiger partial charge in [0.1, 0.15) is 6.33 Å². The molecule has 1 N–H and O–H groups in total. The number of anilines is 1. The van der Waals surface area contributed by atoms with Crippen LogP contribution in [0.4, 0.5) is 18.9 Å². The molecule has 1 saturated heterocycles. The van der Waals surface area contributed by atoms with Gasteiger partial charge in [0.25, 0.3) is 0 Å². The van der Waals surface area contributed by atoms with Gasteiger partial charge in [-0.05, 0) is 18.2 Å². The fraction of sp³-hybridized carbons (Fsp3) is 0.467. The van der Waals surface area contributed by atoms with Crippen molar-refractivity contribution in [3.63, 3.8) is 0 Å². The van der Waals surface area contributed by atoms with Gasteiger partial charge in [0.05, 0.1) is 5.52 Å². The number of piperazine rings is 1. The smallest absolute Gasteiger partial charge is 0.382 e. The summed E-state index contributed by atoms with van der Waals surface area (Å²) in [4.78, 5) is 11.9. The number of aromatic nitrogens is 2. The van der Waals surface area contributed by atoms with Crippen LogP contribution in [0.15, 0.2) is 30.7 Å². The number of aliphatic hydroxyl groups excluding tert-OH is 1. The highest BCUT2D eigenvalue weighted by atomic mass is 19.4. The number of fused-ring (bicyclic) bond motifs is 1. The number of rotatable bonds is 3. The van der Waals surface area contributed by atoms with Crippen molar-refractivity contribution in [2.45, 2.75) is 12.3 Å². The molecule has 1 aliphatic rings. The first kappa shape index (κ1) is 15.9. The Bertz CT molecular complexity index is 671. The molecule has 1 aromatic heterocycles. The maximum atomic E-state index is 12.4. The number of aliphatic hydroxyl groups is 1. The van der Waals surface area contributed by atoms with Crippen molar-refractivity contribution in [1.82, 2.24) is 14.9 Å². The molecule has 23 heavy (non-hydrogen) atoms. The molecule has 2 aromatic rings. The van der Waals surface area contributed by atoms with Gasteiger partial charge in [-0.3, -0.25) is 4.90 Å². The number of halogens is 3. The Labute approximate surface area is 131 Å². The van der Waals surface area contributed by atoms with E-state index in [2.05, 4.69) is 14.9 Å². The molecule has 0 saturated carbocycles. The van der Waals surface area contributed by atoms with Gasteiger partial charge in [0.15, 0.2) is 6.10 Å². The lowest BCUT2D eigenvalue weighted by atomic mass is 10.2. The summed E-state index contributed by atoms with van der Waals surface area (Å²) in [5.41, 5.74) is 1.86. The normalized spacial score (nSPS) is 18.3. The number of nitrogens with zero attached hydrogens (tertiary/aromatic N) is 4. The second-order valence-corrected chi connectivity index (χ2v) is 5.61. The van der Waals surface area contributed by atoms with Gasteiger partial charge in [-0.25, -0.2) is 9.97 Å². The van der Waals surface area contributed by atoms with E-state index in [9.17, 15) is 13.2 Å². The van der Waals surface area contributed by atoms with Gasteiger partial charge in [0.2, 0.25) is 0 Å². The standard InChI is InChI=1S/C15H17F3N4O/c16-15(17,18)14(23)9-21-3-5-22(6-4-21)12-1-2-13-11(7-12)8-19-10-20-13/h1-2,7-8,10,14,23H,3-6,9H2. The van der Waals surface area contributed by atoms with E-state index in [4.69, 9.17) is 5.11 Å². The summed E-state index contributed by atoms with van der Waals surface area (Å²) in [6.45, 7) is 1.82. The van der Waals surface area contributed by atoms with Gasteiger partial charge in [-0.2, -0.15) is 13.2 Å². The fourth-order valence-corrected chi connectivity index (χ4v) is 2.71. The van der Waals surface area contributed by atoms with Crippen molar-refractivity contribution in [1.29, 1.82) is 0 Å². The zero-order valence-electron chi connectivity index (χ0n) is 12.4. The average Bonchev–Trinajstić information content (AvgIpc) is 2.54. The SMILES string of the molecule is OC(CN1CCN(c2ccc3ncncc3c2)CC1)C(F)(F)F. The Hall–Kier alpha value is -1.93. The number of hydrogen-bond donors (Lipinski definition) is 1. The van der Waals surface area contributed by atoms with E-state index in [0.29, 0.717) is 26.2 Å². The van der Waals surface area contributed by atoms with E-state index in [1.165, 1.54) is 6.33 Å². The van der Waals surface area contributed by atoms with Crippen LogP contribution in [0, 0.1) is 0 Å². The van der Waals surface area contributed by atoms with Crippen LogP contribution in [0.25, 0.3) is 10.9 Å². The van der Waals surface area contributed by atoms with Crippen LogP contribution in [0.5, 0.6) is 0 Å². The number of hydrogen-bond acceptors (Lipinski definition) is 5. The highest BCUT2D eigenvalue weighted by Crippen LogP contribution is 2.23. The number of alkyl halides is 3. The van der Waals surface area contributed by atoms with Gasteiger partial charge >= 0.3 is 6.18 Å². The molecule has 0 aliphatic carbocycles. The van der Waals surface area contributed by atoms with Gasteiger partial charge in [-0.15, -0.1) is 0 Å². The summed E-state index contributed by atoms with van der Waals surface area (Å²) in [6, 6.07) is 5.84. The molecular formula is C15H17F3N4O. The van der Waals surface area contributed by atoms with E-state index in [1.807, 2.05) is 18.2 Å². The van der Waals surface area contributed by atoms with Gasteiger partial charge < -0.3 is 10.0 Å². The van der Waals surface area contributed by atoms with Crippen LogP contribution in [-0.2, 0) is 0 Å². The van der Waals surface area contributed by atoms with Crippen LogP contribution < -0.4 is 4.90 Å². The molecule has 1 unspecified atom stereocenters. The van der Waals surface area contributed by atoms with Crippen molar-refractivity contribution in [2.75, 3.05) is 37.6 Å². The monoisotopic (exact) mass is 326 g/mol. The molecule has 1 fully saturated rings. The first-order valence-corrected chi connectivity index (χ1v) is 7.35. The van der Waals surface area contributed by atoms with Crippen LogP contribution in [0.1, 0.15) is 0 Å². The molecule has 0 amide bonds. The summed E-state index contributed by atoms with van der Waals surface area (Å²) in [5.74, 6) is 0. The molecular weight excluding hydrogens is 309 g/mol. The number of benzene rings is 1. The molecule has 0 radical (unpaired) electrons. The minimum absolute atomic E-state index is 0.372. The molecule has 0 spiro atoms. The van der Waals surface area contributed by atoms with Crippen molar-refractivity contribution in [3.8, 4) is 0 Å². The predicted octanol–water partition coefficient (Wildman–Crippen LogP) is 1.67. The average molecular weight is 326 g/mol. The summed E-state index contributed by atoms with van der Waals surface area (Å²) >= 11 is 0. The molecule has 3 rings (SSSR count). The third-order valence-corrected chi connectivity index (χ3v) is 4.03. The zero-order chi connectivity index (χ0) is 16.4. The Morgan fingerprint density at radius 3 is 2.61 bits per heavy atom. The molecule has 1 aliphatic heterocycles. The predicted molar refractivity (Wildman–Crippen MR) is 80.3 cm³/mol. The first-order valence-electron chi connectivity index (χ1n) is 7.35. The van der Waals surface area contributed by atoms with Crippen molar-refractivity contribution in [3.05, 3.63) is 30.7 Å². The maximum absolute atomic E-state index is 12.4. The summed E-state index contributed by atoms with van der Waals surface area (Å²) in [7, 11) is 0. The molecule has 2 heterocycles. The topological polar surface area (TPSA) is 52.5 Å². The van der Waals surface area contributed by atoms with Crippen LogP contribution in [0.3, 0.4) is 0 Å². The summed E-state index contributed by atoms with van der Waals surface area (Å²) < 4.78 is 37.2. The van der Waals surface area contributed by atoms with Crippen molar-refractivity contribution >= 4 is 16.6 Å². The Morgan fingerprint density at radius 2 is 1.91 bits per heavy atom. The minimum atomic E-state index is -4.56. The fourth-order valence-electron chi connectivity index (χ4n) is 2.71. The highest BCUT2D eigenvalue weighted by molar-refractivity contribution is 5.81. The summed E-state index contributed by atoms with van der Waals surface area (Å²) in [5, 5.41) is 10.1. The van der Waals surface area contributed by atoms with Crippen LogP contribution >= 0.6 is 0 Å². The molecule has 8 heteroatoms. The largest absolute Gasteiger partial charge is 0.415 e. The summed E-state index contributed by atoms with van der Waals surface area (Å²) in [6.07, 6.45) is -3.61. The van der Waals surface area contributed by atoms with E-state index < -0.39 is 12.3 Å². The van der Waals surface area contributed by atoms with Crippen LogP contribution in [0.2, 0.25) is 0 Å². The first-order chi connectivity index (χ1) is 10.9. The highest BCUT2D eigenvalue weighted by Gasteiger charge is 2.39. The molecule has 5 nitrogen and oxygen atoms in total. The molecule has 0 bridgehead atoms. The maximum Gasteiger partial charge on any atom is 0.415 e. The van der Waals surface area contributed by atoms with E-state index in [0.717, 1.165) is 16.6 Å².